The van der Waals surface area contributed by atoms with Crippen molar-refractivity contribution >= 4 is 28.4 Å². The van der Waals surface area contributed by atoms with Gasteiger partial charge in [0.25, 0.3) is 5.56 Å². The van der Waals surface area contributed by atoms with Gasteiger partial charge >= 0.3 is 6.03 Å². The molecule has 0 unspecified atom stereocenters. The molecule has 1 aliphatic rings. The summed E-state index contributed by atoms with van der Waals surface area (Å²) in [5.41, 5.74) is 6.23. The van der Waals surface area contributed by atoms with Gasteiger partial charge in [-0.15, -0.1) is 0 Å². The first-order valence-electron chi connectivity index (χ1n) is 16.7. The molecular formula is C40H42N6O2. The maximum Gasteiger partial charge on any atom is 0.323 e. The number of amides is 2. The summed E-state index contributed by atoms with van der Waals surface area (Å²) in [6.45, 7) is 11.6. The summed E-state index contributed by atoms with van der Waals surface area (Å²) in [6.07, 6.45) is 7.55. The molecule has 48 heavy (non-hydrogen) atoms. The van der Waals surface area contributed by atoms with Gasteiger partial charge in [-0.05, 0) is 90.4 Å². The van der Waals surface area contributed by atoms with Gasteiger partial charge in [0.1, 0.15) is 11.3 Å². The molecule has 6 rings (SSSR count). The summed E-state index contributed by atoms with van der Waals surface area (Å²) in [4.78, 5) is 39.8. The number of carbonyl (C=O) groups excluding carboxylic acids is 1. The lowest BCUT2D eigenvalue weighted by atomic mass is 9.93. The fourth-order valence-electron chi connectivity index (χ4n) is 6.42. The molecular weight excluding hydrogens is 596 g/mol. The summed E-state index contributed by atoms with van der Waals surface area (Å²) < 4.78 is 1.60. The van der Waals surface area contributed by atoms with Gasteiger partial charge in [0.05, 0.1) is 13.1 Å². The number of fused-ring (bicyclic) bond motifs is 1. The molecule has 0 bridgehead atoms. The highest BCUT2D eigenvalue weighted by Crippen LogP contribution is 2.35. The van der Waals surface area contributed by atoms with Crippen molar-refractivity contribution < 1.29 is 4.79 Å². The molecule has 0 atom stereocenters. The molecule has 4 heterocycles. The molecule has 1 saturated heterocycles. The van der Waals surface area contributed by atoms with Crippen LogP contribution in [-0.2, 0) is 6.54 Å². The van der Waals surface area contributed by atoms with Gasteiger partial charge in [-0.25, -0.2) is 9.78 Å². The van der Waals surface area contributed by atoms with Crippen LogP contribution in [0.2, 0.25) is 0 Å². The molecule has 0 radical (unpaired) electrons. The number of para-hydroxylation sites is 1. The minimum absolute atomic E-state index is 0.173. The lowest BCUT2D eigenvalue weighted by molar-refractivity contribution is 0.262. The van der Waals surface area contributed by atoms with Crippen molar-refractivity contribution in [1.82, 2.24) is 19.4 Å². The van der Waals surface area contributed by atoms with Crippen molar-refractivity contribution in [2.75, 3.05) is 30.3 Å². The molecule has 8 nitrogen and oxygen atoms in total. The predicted molar refractivity (Wildman–Crippen MR) is 195 cm³/mol. The van der Waals surface area contributed by atoms with Gasteiger partial charge in [-0.3, -0.25) is 19.2 Å². The highest BCUT2D eigenvalue weighted by molar-refractivity contribution is 6.07. The number of likely N-dealkylation sites (tertiary alicyclic amines) is 1. The Morgan fingerprint density at radius 2 is 1.58 bits per heavy atom. The summed E-state index contributed by atoms with van der Waals surface area (Å²) in [5.74, 6) is 7.01. The second-order valence-corrected chi connectivity index (χ2v) is 12.9. The standard InChI is InChI=1S/C40H42N6O2/c1-27(2)32-16-8-17-33(28(3)4)36(32)43-40(48)44-37-35(31-15-7-12-29(24-31)14-11-23-45-21-5-6-22-45)34-18-10-20-42-38(34)46(39(37)47)26-30-13-9-19-41-25-30/h7-10,12-13,15-20,24-25,27-28H,5-6,21-23,26H2,1-4H3,(H2,43,44,48). The molecule has 1 aliphatic heterocycles. The molecule has 3 aromatic heterocycles. The van der Waals surface area contributed by atoms with Gasteiger partial charge < -0.3 is 10.6 Å². The average Bonchev–Trinajstić information content (AvgIpc) is 3.61. The van der Waals surface area contributed by atoms with Crippen LogP contribution >= 0.6 is 0 Å². The second kappa shape index (κ2) is 14.7. The number of hydrogen-bond acceptors (Lipinski definition) is 5. The van der Waals surface area contributed by atoms with Crippen LogP contribution < -0.4 is 16.2 Å². The number of benzene rings is 2. The summed E-state index contributed by atoms with van der Waals surface area (Å²) in [6, 6.07) is 21.0. The van der Waals surface area contributed by atoms with Crippen LogP contribution in [0.25, 0.3) is 22.2 Å². The molecule has 2 amide bonds. The van der Waals surface area contributed by atoms with Gasteiger partial charge in [-0.1, -0.05) is 75.9 Å². The maximum absolute atomic E-state index is 14.6. The van der Waals surface area contributed by atoms with Gasteiger partial charge in [0.15, 0.2) is 0 Å². The van der Waals surface area contributed by atoms with E-state index in [-0.39, 0.29) is 29.6 Å². The van der Waals surface area contributed by atoms with Crippen molar-refractivity contribution in [3.63, 3.8) is 0 Å². The van der Waals surface area contributed by atoms with Crippen molar-refractivity contribution in [1.29, 1.82) is 0 Å². The normalized spacial score (nSPS) is 13.1. The highest BCUT2D eigenvalue weighted by atomic mass is 16.2. The number of urea groups is 1. The third-order valence-corrected chi connectivity index (χ3v) is 8.82. The van der Waals surface area contributed by atoms with Crippen LogP contribution in [0, 0.1) is 11.8 Å². The first kappa shape index (κ1) is 32.7. The molecule has 0 saturated carbocycles. The lowest BCUT2D eigenvalue weighted by Gasteiger charge is -2.22. The van der Waals surface area contributed by atoms with E-state index in [1.165, 1.54) is 12.8 Å². The van der Waals surface area contributed by atoms with Crippen LogP contribution in [0.5, 0.6) is 0 Å². The number of anilines is 2. The predicted octanol–water partition coefficient (Wildman–Crippen LogP) is 7.84. The summed E-state index contributed by atoms with van der Waals surface area (Å²) in [7, 11) is 0. The Morgan fingerprint density at radius 3 is 2.29 bits per heavy atom. The van der Waals surface area contributed by atoms with E-state index in [2.05, 4.69) is 65.0 Å². The number of rotatable bonds is 8. The van der Waals surface area contributed by atoms with Crippen molar-refractivity contribution in [3.05, 3.63) is 118 Å². The van der Waals surface area contributed by atoms with Crippen molar-refractivity contribution in [3.8, 4) is 23.0 Å². The van der Waals surface area contributed by atoms with E-state index in [0.29, 0.717) is 11.2 Å². The number of nitrogens with zero attached hydrogens (tertiary/aromatic N) is 4. The SMILES string of the molecule is CC(C)c1cccc(C(C)C)c1NC(=O)Nc1c(-c2cccc(C#CCN3CCCC3)c2)c2cccnc2n(Cc2cccnc2)c1=O. The summed E-state index contributed by atoms with van der Waals surface area (Å²) >= 11 is 0. The number of pyridine rings is 3. The fraction of sp³-hybridized carbons (Fsp3) is 0.300. The number of hydrogen-bond donors (Lipinski definition) is 2. The molecule has 244 valence electrons. The molecule has 0 aliphatic carbocycles. The molecule has 0 spiro atoms. The maximum atomic E-state index is 14.6. The van der Waals surface area contributed by atoms with Crippen LogP contribution in [-0.4, -0.2) is 45.1 Å². The van der Waals surface area contributed by atoms with E-state index < -0.39 is 6.03 Å². The minimum Gasteiger partial charge on any atom is -0.307 e. The van der Waals surface area contributed by atoms with Crippen LogP contribution in [0.4, 0.5) is 16.2 Å². The van der Waals surface area contributed by atoms with Gasteiger partial charge in [-0.2, -0.15) is 0 Å². The van der Waals surface area contributed by atoms with Gasteiger partial charge in [0.2, 0.25) is 0 Å². The van der Waals surface area contributed by atoms with Crippen LogP contribution in [0.15, 0.2) is 90.1 Å². The fourth-order valence-corrected chi connectivity index (χ4v) is 6.42. The summed E-state index contributed by atoms with van der Waals surface area (Å²) in [5, 5.41) is 6.87. The Bertz CT molecular complexity index is 2020. The Morgan fingerprint density at radius 1 is 0.875 bits per heavy atom. The largest absolute Gasteiger partial charge is 0.323 e. The number of aromatic nitrogens is 3. The Balaban J connectivity index is 1.47. The van der Waals surface area contributed by atoms with Crippen LogP contribution in [0.1, 0.15) is 74.6 Å². The van der Waals surface area contributed by atoms with E-state index in [1.807, 2.05) is 66.7 Å². The third kappa shape index (κ3) is 7.17. The van der Waals surface area contributed by atoms with Crippen molar-refractivity contribution in [2.45, 2.75) is 58.9 Å². The van der Waals surface area contributed by atoms with E-state index >= 15 is 0 Å². The zero-order valence-corrected chi connectivity index (χ0v) is 28.1. The molecule has 1 fully saturated rings. The molecule has 5 aromatic rings. The Labute approximate surface area is 282 Å². The zero-order chi connectivity index (χ0) is 33.6. The topological polar surface area (TPSA) is 92.2 Å². The quantitative estimate of drug-likeness (QED) is 0.169. The van der Waals surface area contributed by atoms with E-state index in [9.17, 15) is 9.59 Å². The lowest BCUT2D eigenvalue weighted by Crippen LogP contribution is -2.30. The van der Waals surface area contributed by atoms with Gasteiger partial charge in [0, 0.05) is 40.8 Å². The van der Waals surface area contributed by atoms with Crippen LogP contribution in [0.3, 0.4) is 0 Å². The Kier molecular flexibility index (Phi) is 9.98. The highest BCUT2D eigenvalue weighted by Gasteiger charge is 2.23. The van der Waals surface area contributed by atoms with E-state index in [1.54, 1.807) is 23.2 Å². The third-order valence-electron chi connectivity index (χ3n) is 8.82. The van der Waals surface area contributed by atoms with Crippen molar-refractivity contribution in [2.24, 2.45) is 0 Å². The average molecular weight is 639 g/mol. The zero-order valence-electron chi connectivity index (χ0n) is 28.1. The first-order chi connectivity index (χ1) is 23.3. The number of carbonyl (C=O) groups is 1. The molecule has 2 N–H and O–H groups in total. The second-order valence-electron chi connectivity index (χ2n) is 12.9. The molecule has 2 aromatic carbocycles. The number of nitrogens with one attached hydrogen (secondary N) is 2. The minimum atomic E-state index is -0.485. The molecule has 8 heteroatoms. The smallest absolute Gasteiger partial charge is 0.307 e. The Hall–Kier alpha value is -5.26. The van der Waals surface area contributed by atoms with E-state index in [0.717, 1.165) is 58.5 Å². The van der Waals surface area contributed by atoms with E-state index in [4.69, 9.17) is 0 Å². The first-order valence-corrected chi connectivity index (χ1v) is 16.7. The monoisotopic (exact) mass is 638 g/mol.